The molecule has 148 valence electrons. The highest BCUT2D eigenvalue weighted by Crippen LogP contribution is 2.23. The van der Waals surface area contributed by atoms with Crippen molar-refractivity contribution in [3.63, 3.8) is 0 Å². The highest BCUT2D eigenvalue weighted by Gasteiger charge is 2.12. The largest absolute Gasteiger partial charge is 0.305 e. The Morgan fingerprint density at radius 2 is 1.90 bits per heavy atom. The Labute approximate surface area is 182 Å². The number of nitrogens with one attached hydrogen (secondary N) is 1. The van der Waals surface area contributed by atoms with Gasteiger partial charge in [0.1, 0.15) is 0 Å². The Bertz CT molecular complexity index is 1030. The maximum atomic E-state index is 12.1. The standard InChI is InChI=1S/C21H20BrN5OS/c1-15(8-9-16-6-4-3-5-7-16)23-24-19(28)14-29-21-26-25-20(27(21)2)17-10-12-18(22)13-11-17/h3-13H,14H2,1-2H3,(H,24,28). The second kappa shape index (κ2) is 10.2. The van der Waals surface area contributed by atoms with Crippen molar-refractivity contribution in [2.45, 2.75) is 12.1 Å². The molecule has 1 amide bonds. The molecule has 0 unspecified atom stereocenters. The van der Waals surface area contributed by atoms with Gasteiger partial charge in [-0.2, -0.15) is 5.10 Å². The summed E-state index contributed by atoms with van der Waals surface area (Å²) >= 11 is 4.74. The Morgan fingerprint density at radius 3 is 2.62 bits per heavy atom. The molecular weight excluding hydrogens is 450 g/mol. The fourth-order valence-corrected chi connectivity index (χ4v) is 3.39. The first kappa shape index (κ1) is 21.0. The third-order valence-electron chi connectivity index (χ3n) is 3.94. The van der Waals surface area contributed by atoms with Gasteiger partial charge in [-0.1, -0.05) is 76.2 Å². The molecule has 0 fully saturated rings. The topological polar surface area (TPSA) is 72.2 Å². The van der Waals surface area contributed by atoms with E-state index >= 15 is 0 Å². The van der Waals surface area contributed by atoms with Crippen LogP contribution in [0.1, 0.15) is 12.5 Å². The van der Waals surface area contributed by atoms with Gasteiger partial charge in [0.15, 0.2) is 11.0 Å². The number of benzene rings is 2. The summed E-state index contributed by atoms with van der Waals surface area (Å²) in [6.07, 6.45) is 3.80. The molecule has 1 heterocycles. The summed E-state index contributed by atoms with van der Waals surface area (Å²) < 4.78 is 2.88. The maximum Gasteiger partial charge on any atom is 0.250 e. The SMILES string of the molecule is CC(C=Cc1ccccc1)=NNC(=O)CSc1nnc(-c2ccc(Br)cc2)n1C. The van der Waals surface area contributed by atoms with Gasteiger partial charge in [0.25, 0.3) is 5.91 Å². The van der Waals surface area contributed by atoms with Crippen LogP contribution in [-0.4, -0.2) is 32.1 Å². The fraction of sp³-hybridized carbons (Fsp3) is 0.143. The van der Waals surface area contributed by atoms with Crippen LogP contribution in [0.25, 0.3) is 17.5 Å². The number of rotatable bonds is 7. The van der Waals surface area contributed by atoms with Gasteiger partial charge in [0.05, 0.1) is 11.5 Å². The Kier molecular flexibility index (Phi) is 7.37. The molecular formula is C21H20BrN5OS. The van der Waals surface area contributed by atoms with E-state index in [9.17, 15) is 4.79 Å². The number of carbonyl (C=O) groups excluding carboxylic acids is 1. The number of allylic oxidation sites excluding steroid dienone is 1. The Morgan fingerprint density at radius 1 is 1.17 bits per heavy atom. The molecule has 0 bridgehead atoms. The molecule has 0 saturated heterocycles. The van der Waals surface area contributed by atoms with E-state index in [4.69, 9.17) is 0 Å². The summed E-state index contributed by atoms with van der Waals surface area (Å²) in [6.45, 7) is 1.83. The number of carbonyl (C=O) groups is 1. The van der Waals surface area contributed by atoms with Crippen molar-refractivity contribution in [3.8, 4) is 11.4 Å². The number of hydrazone groups is 1. The van der Waals surface area contributed by atoms with Crippen LogP contribution in [0.2, 0.25) is 0 Å². The molecule has 3 rings (SSSR count). The fourth-order valence-electron chi connectivity index (χ4n) is 2.42. The van der Waals surface area contributed by atoms with E-state index in [1.807, 2.05) is 85.3 Å². The van der Waals surface area contributed by atoms with E-state index in [-0.39, 0.29) is 11.7 Å². The number of amides is 1. The zero-order chi connectivity index (χ0) is 20.6. The lowest BCUT2D eigenvalue weighted by atomic mass is 10.2. The van der Waals surface area contributed by atoms with Crippen molar-refractivity contribution in [2.24, 2.45) is 12.1 Å². The molecule has 2 aromatic carbocycles. The van der Waals surface area contributed by atoms with Crippen LogP contribution >= 0.6 is 27.7 Å². The minimum atomic E-state index is -0.198. The molecule has 0 aliphatic heterocycles. The Balaban J connectivity index is 1.53. The molecule has 1 N–H and O–H groups in total. The summed E-state index contributed by atoms with van der Waals surface area (Å²) in [5.41, 5.74) is 5.32. The van der Waals surface area contributed by atoms with Crippen LogP contribution in [0.15, 0.2) is 75.4 Å². The smallest absolute Gasteiger partial charge is 0.250 e. The lowest BCUT2D eigenvalue weighted by Crippen LogP contribution is -2.20. The number of thioether (sulfide) groups is 1. The van der Waals surface area contributed by atoms with Crippen LogP contribution in [0, 0.1) is 0 Å². The average molecular weight is 470 g/mol. The molecule has 8 heteroatoms. The van der Waals surface area contributed by atoms with Gasteiger partial charge < -0.3 is 4.57 Å². The first-order valence-corrected chi connectivity index (χ1v) is 10.6. The van der Waals surface area contributed by atoms with Crippen LogP contribution in [0.5, 0.6) is 0 Å². The maximum absolute atomic E-state index is 12.1. The van der Waals surface area contributed by atoms with E-state index in [0.717, 1.165) is 21.4 Å². The van der Waals surface area contributed by atoms with E-state index in [2.05, 4.69) is 36.7 Å². The van der Waals surface area contributed by atoms with Gasteiger partial charge in [-0.15, -0.1) is 10.2 Å². The normalized spacial score (nSPS) is 11.8. The predicted octanol–water partition coefficient (Wildman–Crippen LogP) is 4.54. The molecule has 29 heavy (non-hydrogen) atoms. The second-order valence-electron chi connectivity index (χ2n) is 6.19. The van der Waals surface area contributed by atoms with E-state index < -0.39 is 0 Å². The van der Waals surface area contributed by atoms with Crippen molar-refractivity contribution in [2.75, 3.05) is 5.75 Å². The zero-order valence-corrected chi connectivity index (χ0v) is 18.4. The molecule has 0 aliphatic rings. The van der Waals surface area contributed by atoms with Crippen LogP contribution in [0.3, 0.4) is 0 Å². The number of aromatic nitrogens is 3. The Hall–Kier alpha value is -2.71. The van der Waals surface area contributed by atoms with Crippen molar-refractivity contribution < 1.29 is 4.79 Å². The molecule has 1 aromatic heterocycles. The first-order chi connectivity index (χ1) is 14.0. The summed E-state index contributed by atoms with van der Waals surface area (Å²) in [5, 5.41) is 13.2. The summed E-state index contributed by atoms with van der Waals surface area (Å²) in [7, 11) is 1.88. The third-order valence-corrected chi connectivity index (χ3v) is 5.49. The van der Waals surface area contributed by atoms with Gasteiger partial charge in [0.2, 0.25) is 0 Å². The lowest BCUT2D eigenvalue weighted by Gasteiger charge is -2.04. The van der Waals surface area contributed by atoms with Crippen LogP contribution in [0.4, 0.5) is 0 Å². The minimum Gasteiger partial charge on any atom is -0.305 e. The van der Waals surface area contributed by atoms with Gasteiger partial charge >= 0.3 is 0 Å². The minimum absolute atomic E-state index is 0.198. The van der Waals surface area contributed by atoms with Crippen LogP contribution in [-0.2, 0) is 11.8 Å². The van der Waals surface area contributed by atoms with E-state index in [1.54, 1.807) is 0 Å². The van der Waals surface area contributed by atoms with Crippen molar-refractivity contribution in [1.82, 2.24) is 20.2 Å². The molecule has 0 spiro atoms. The molecule has 0 aliphatic carbocycles. The van der Waals surface area contributed by atoms with Gasteiger partial charge in [-0.3, -0.25) is 4.79 Å². The third kappa shape index (κ3) is 6.13. The summed E-state index contributed by atoms with van der Waals surface area (Å²) in [5.74, 6) is 0.752. The molecule has 6 nitrogen and oxygen atoms in total. The quantitative estimate of drug-likeness (QED) is 0.313. The van der Waals surface area contributed by atoms with Gasteiger partial charge in [0, 0.05) is 17.1 Å². The monoisotopic (exact) mass is 469 g/mol. The number of hydrogen-bond acceptors (Lipinski definition) is 5. The number of nitrogens with zero attached hydrogens (tertiary/aromatic N) is 4. The van der Waals surface area contributed by atoms with Gasteiger partial charge in [-0.05, 0) is 30.7 Å². The van der Waals surface area contributed by atoms with Gasteiger partial charge in [-0.25, -0.2) is 5.43 Å². The highest BCUT2D eigenvalue weighted by atomic mass is 79.9. The molecule has 0 saturated carbocycles. The average Bonchev–Trinajstić information content (AvgIpc) is 3.11. The first-order valence-electron chi connectivity index (χ1n) is 8.87. The summed E-state index contributed by atoms with van der Waals surface area (Å²) in [6, 6.07) is 17.8. The summed E-state index contributed by atoms with van der Waals surface area (Å²) in [4.78, 5) is 12.1. The van der Waals surface area contributed by atoms with Crippen LogP contribution < -0.4 is 5.43 Å². The zero-order valence-electron chi connectivity index (χ0n) is 16.0. The van der Waals surface area contributed by atoms with E-state index in [1.165, 1.54) is 11.8 Å². The number of hydrogen-bond donors (Lipinski definition) is 1. The number of halogens is 1. The van der Waals surface area contributed by atoms with Crippen molar-refractivity contribution in [3.05, 3.63) is 70.7 Å². The molecule has 0 atom stereocenters. The van der Waals surface area contributed by atoms with Crippen molar-refractivity contribution in [1.29, 1.82) is 0 Å². The molecule has 3 aromatic rings. The second-order valence-corrected chi connectivity index (χ2v) is 8.05. The highest BCUT2D eigenvalue weighted by molar-refractivity contribution is 9.10. The molecule has 0 radical (unpaired) electrons. The lowest BCUT2D eigenvalue weighted by molar-refractivity contribution is -0.118. The predicted molar refractivity (Wildman–Crippen MR) is 122 cm³/mol. The van der Waals surface area contributed by atoms with Crippen molar-refractivity contribution >= 4 is 45.4 Å². The van der Waals surface area contributed by atoms with E-state index in [0.29, 0.717) is 10.9 Å².